The van der Waals surface area contributed by atoms with E-state index in [0.29, 0.717) is 34.9 Å². The highest BCUT2D eigenvalue weighted by molar-refractivity contribution is 7.85. The number of ether oxygens (including phenoxy) is 1. The number of benzene rings is 2. The van der Waals surface area contributed by atoms with Crippen LogP contribution in [-0.2, 0) is 16.7 Å². The number of likely N-dealkylation sites (N-methyl/N-ethyl adjacent to an activating group) is 1. The standard InChI is InChI=1S/C29H32N8O2.CH4O3S/c1-36-14-16-37(17-15-36)32-19-21-5-7-22(8-6-21)28(38)33-24-9-10-27(39-2)26(18-24)35-29-31-13-11-25(34-29)23-4-3-12-30-20-23;1-5(2,3)4/h3-13,18,20,32H,14-17,19H2,1-2H3,(H,33,38)(H,31,34,35);1H3,(H,2,3,4). The fraction of sp³-hybridized carbons (Fsp3) is 0.267. The molecule has 5 rings (SSSR count). The van der Waals surface area contributed by atoms with E-state index in [1.54, 1.807) is 43.9 Å². The number of piperazine rings is 1. The van der Waals surface area contributed by atoms with Crippen LogP contribution in [0.1, 0.15) is 15.9 Å². The summed E-state index contributed by atoms with van der Waals surface area (Å²) in [5.74, 6) is 0.805. The van der Waals surface area contributed by atoms with E-state index in [9.17, 15) is 13.2 Å². The number of amides is 1. The fourth-order valence-electron chi connectivity index (χ4n) is 4.24. The van der Waals surface area contributed by atoms with Crippen LogP contribution in [-0.4, -0.2) is 90.3 Å². The molecule has 13 nitrogen and oxygen atoms in total. The maximum atomic E-state index is 13.0. The largest absolute Gasteiger partial charge is 0.495 e. The van der Waals surface area contributed by atoms with Crippen molar-refractivity contribution >= 4 is 33.3 Å². The Morgan fingerprint density at radius 2 is 1.75 bits per heavy atom. The quantitative estimate of drug-likeness (QED) is 0.202. The van der Waals surface area contributed by atoms with E-state index in [1.165, 1.54) is 0 Å². The Hall–Kier alpha value is -4.47. The highest BCUT2D eigenvalue weighted by Crippen LogP contribution is 2.30. The van der Waals surface area contributed by atoms with Crippen LogP contribution in [0.2, 0.25) is 0 Å². The molecule has 0 aliphatic carbocycles. The zero-order valence-electron chi connectivity index (χ0n) is 24.8. The Kier molecular flexibility index (Phi) is 11.3. The minimum absolute atomic E-state index is 0.195. The van der Waals surface area contributed by atoms with Crippen LogP contribution in [0.5, 0.6) is 5.75 Å². The van der Waals surface area contributed by atoms with Crippen molar-refractivity contribution < 1.29 is 22.5 Å². The average molecular weight is 621 g/mol. The number of carbonyl (C=O) groups excluding carboxylic acids is 1. The summed E-state index contributed by atoms with van der Waals surface area (Å²) >= 11 is 0. The fourth-order valence-corrected chi connectivity index (χ4v) is 4.24. The second-order valence-electron chi connectivity index (χ2n) is 10.1. The third-order valence-corrected chi connectivity index (χ3v) is 6.54. The van der Waals surface area contributed by atoms with Gasteiger partial charge in [-0.15, -0.1) is 0 Å². The smallest absolute Gasteiger partial charge is 0.261 e. The van der Waals surface area contributed by atoms with Crippen molar-refractivity contribution in [3.05, 3.63) is 90.4 Å². The summed E-state index contributed by atoms with van der Waals surface area (Å²) in [6, 6.07) is 18.6. The number of hydrazine groups is 1. The van der Waals surface area contributed by atoms with E-state index in [-0.39, 0.29) is 5.91 Å². The van der Waals surface area contributed by atoms with Crippen LogP contribution in [0.15, 0.2) is 79.3 Å². The average Bonchev–Trinajstić information content (AvgIpc) is 3.01. The number of hydrogen-bond donors (Lipinski definition) is 4. The Morgan fingerprint density at radius 3 is 2.41 bits per heavy atom. The van der Waals surface area contributed by atoms with Gasteiger partial charge in [0.25, 0.3) is 16.0 Å². The number of nitrogens with zero attached hydrogens (tertiary/aromatic N) is 5. The van der Waals surface area contributed by atoms with Crippen molar-refractivity contribution in [2.24, 2.45) is 0 Å². The van der Waals surface area contributed by atoms with Gasteiger partial charge in [-0.25, -0.2) is 15.0 Å². The van der Waals surface area contributed by atoms with E-state index in [4.69, 9.17) is 9.29 Å². The molecule has 14 heteroatoms. The van der Waals surface area contributed by atoms with Gasteiger partial charge in [0, 0.05) is 68.1 Å². The summed E-state index contributed by atoms with van der Waals surface area (Å²) in [6.45, 7) is 4.83. The predicted molar refractivity (Wildman–Crippen MR) is 169 cm³/mol. The van der Waals surface area contributed by atoms with Crippen molar-refractivity contribution in [2.45, 2.75) is 6.54 Å². The molecule has 0 unspecified atom stereocenters. The van der Waals surface area contributed by atoms with Gasteiger partial charge in [-0.05, 0) is 61.1 Å². The van der Waals surface area contributed by atoms with Crippen LogP contribution in [0.25, 0.3) is 11.3 Å². The van der Waals surface area contributed by atoms with E-state index in [0.717, 1.165) is 49.5 Å². The van der Waals surface area contributed by atoms with Gasteiger partial charge in [0.15, 0.2) is 0 Å². The molecule has 0 bridgehead atoms. The summed E-state index contributed by atoms with van der Waals surface area (Å²) in [6.07, 6.45) is 5.86. The van der Waals surface area contributed by atoms with E-state index in [1.807, 2.05) is 42.5 Å². The molecule has 4 aromatic rings. The van der Waals surface area contributed by atoms with E-state index in [2.05, 4.69) is 48.0 Å². The summed E-state index contributed by atoms with van der Waals surface area (Å²) < 4.78 is 31.4. The highest BCUT2D eigenvalue weighted by atomic mass is 32.2. The van der Waals surface area contributed by atoms with Gasteiger partial charge >= 0.3 is 0 Å². The van der Waals surface area contributed by atoms with Crippen LogP contribution in [0.4, 0.5) is 17.3 Å². The lowest BCUT2D eigenvalue weighted by Crippen LogP contribution is -2.50. The normalized spacial score (nSPS) is 13.8. The molecule has 1 aliphatic rings. The van der Waals surface area contributed by atoms with Crippen LogP contribution in [0.3, 0.4) is 0 Å². The Labute approximate surface area is 257 Å². The van der Waals surface area contributed by atoms with Gasteiger partial charge in [0.1, 0.15) is 5.75 Å². The second kappa shape index (κ2) is 15.3. The maximum absolute atomic E-state index is 13.0. The molecule has 0 saturated carbocycles. The van der Waals surface area contributed by atoms with Gasteiger partial charge in [-0.3, -0.25) is 19.8 Å². The van der Waals surface area contributed by atoms with Crippen molar-refractivity contribution in [1.82, 2.24) is 30.3 Å². The minimum Gasteiger partial charge on any atom is -0.495 e. The highest BCUT2D eigenvalue weighted by Gasteiger charge is 2.14. The molecular formula is C30H36N8O5S. The van der Waals surface area contributed by atoms with Crippen molar-refractivity contribution in [2.75, 3.05) is 57.2 Å². The molecule has 1 aliphatic heterocycles. The molecule has 44 heavy (non-hydrogen) atoms. The molecule has 0 atom stereocenters. The lowest BCUT2D eigenvalue weighted by atomic mass is 10.1. The van der Waals surface area contributed by atoms with Gasteiger partial charge in [-0.2, -0.15) is 8.42 Å². The molecule has 0 radical (unpaired) electrons. The van der Waals surface area contributed by atoms with Crippen LogP contribution < -0.4 is 20.8 Å². The summed E-state index contributed by atoms with van der Waals surface area (Å²) in [5.41, 5.74) is 8.05. The number of rotatable bonds is 9. The number of pyridine rings is 1. The van der Waals surface area contributed by atoms with E-state index < -0.39 is 10.1 Å². The first-order valence-electron chi connectivity index (χ1n) is 13.8. The first-order valence-corrected chi connectivity index (χ1v) is 15.6. The van der Waals surface area contributed by atoms with Crippen LogP contribution in [0, 0.1) is 0 Å². The van der Waals surface area contributed by atoms with Gasteiger partial charge in [0.2, 0.25) is 5.95 Å². The van der Waals surface area contributed by atoms with Crippen molar-refractivity contribution in [3.8, 4) is 17.0 Å². The Bertz CT molecular complexity index is 1620. The minimum atomic E-state index is -3.67. The molecule has 1 amide bonds. The third kappa shape index (κ3) is 10.4. The van der Waals surface area contributed by atoms with Crippen molar-refractivity contribution in [1.29, 1.82) is 0 Å². The lowest BCUT2D eigenvalue weighted by molar-refractivity contribution is 0.102. The molecule has 4 N–H and O–H groups in total. The Balaban J connectivity index is 0.000000818. The lowest BCUT2D eigenvalue weighted by Gasteiger charge is -2.32. The first-order chi connectivity index (χ1) is 21.1. The number of hydrogen-bond acceptors (Lipinski definition) is 11. The number of methoxy groups -OCH3 is 1. The van der Waals surface area contributed by atoms with Crippen molar-refractivity contribution in [3.63, 3.8) is 0 Å². The third-order valence-electron chi connectivity index (χ3n) is 6.54. The van der Waals surface area contributed by atoms with E-state index >= 15 is 0 Å². The monoisotopic (exact) mass is 620 g/mol. The topological polar surface area (TPSA) is 162 Å². The summed E-state index contributed by atoms with van der Waals surface area (Å²) in [5, 5.41) is 8.42. The number of carbonyl (C=O) groups is 1. The molecule has 2 aromatic heterocycles. The molecule has 232 valence electrons. The molecular weight excluding hydrogens is 584 g/mol. The molecule has 1 saturated heterocycles. The Morgan fingerprint density at radius 1 is 1.02 bits per heavy atom. The molecule has 3 heterocycles. The van der Waals surface area contributed by atoms with Gasteiger partial charge < -0.3 is 20.3 Å². The number of anilines is 3. The zero-order chi connectivity index (χ0) is 31.5. The predicted octanol–water partition coefficient (Wildman–Crippen LogP) is 3.30. The second-order valence-corrected chi connectivity index (χ2v) is 11.5. The van der Waals surface area contributed by atoms with Crippen LogP contribution >= 0.6 is 0 Å². The van der Waals surface area contributed by atoms with Gasteiger partial charge in [-0.1, -0.05) is 12.1 Å². The number of aromatic nitrogens is 3. The molecule has 0 spiro atoms. The zero-order valence-corrected chi connectivity index (χ0v) is 25.6. The SMILES string of the molecule is COc1ccc(NC(=O)c2ccc(CNN3CCN(C)CC3)cc2)cc1Nc1nccc(-c2cccnc2)n1.CS(=O)(=O)O. The summed E-state index contributed by atoms with van der Waals surface area (Å²) in [7, 11) is 0.0631. The molecule has 1 fully saturated rings. The van der Waals surface area contributed by atoms with Gasteiger partial charge in [0.05, 0.1) is 24.7 Å². The number of nitrogens with one attached hydrogen (secondary N) is 3. The first kappa shape index (κ1) is 32.4. The molecule has 2 aromatic carbocycles. The summed E-state index contributed by atoms with van der Waals surface area (Å²) in [4.78, 5) is 28.4. The maximum Gasteiger partial charge on any atom is 0.261 e.